The Balaban J connectivity index is 0.000000774. The van der Waals surface area contributed by atoms with Gasteiger partial charge in [0.15, 0.2) is 0 Å². The van der Waals surface area contributed by atoms with Crippen LogP contribution in [0.5, 0.6) is 0 Å². The van der Waals surface area contributed by atoms with Crippen LogP contribution in [0.25, 0.3) is 16.9 Å². The Bertz CT molecular complexity index is 835. The number of carbonyl (C=O) groups is 1. The largest absolute Gasteiger partial charge is 0.478 e. The second kappa shape index (κ2) is 6.00. The van der Waals surface area contributed by atoms with Crippen LogP contribution in [0.2, 0.25) is 0 Å². The molecule has 0 unspecified atom stereocenters. The number of aromatic carboxylic acids is 1. The number of para-hydroxylation sites is 1. The van der Waals surface area contributed by atoms with E-state index in [0.29, 0.717) is 10.9 Å². The lowest BCUT2D eigenvalue weighted by atomic mass is 10.2. The minimum absolute atomic E-state index is 0.0239. The maximum Gasteiger partial charge on any atom is 0.338 e. The zero-order chi connectivity index (χ0) is 15.4. The highest BCUT2D eigenvalue weighted by Gasteiger charge is 2.09. The number of aromatic amines is 1. The van der Waals surface area contributed by atoms with Gasteiger partial charge in [-0.05, 0) is 12.1 Å². The first kappa shape index (κ1) is 14.4. The van der Waals surface area contributed by atoms with E-state index in [0.717, 1.165) is 0 Å². The molecule has 3 aromatic rings. The van der Waals surface area contributed by atoms with Gasteiger partial charge in [-0.25, -0.2) is 14.5 Å². The number of nitrogens with one attached hydrogen (secondary N) is 1. The van der Waals surface area contributed by atoms with E-state index in [2.05, 4.69) is 15.1 Å². The summed E-state index contributed by atoms with van der Waals surface area (Å²) in [5, 5.41) is 13.2. The summed E-state index contributed by atoms with van der Waals surface area (Å²) in [4.78, 5) is 29.4. The van der Waals surface area contributed by atoms with Gasteiger partial charge in [0.1, 0.15) is 0 Å². The molecule has 0 atom stereocenters. The molecule has 0 aliphatic carbocycles. The molecule has 0 aliphatic rings. The maximum atomic E-state index is 11.9. The van der Waals surface area contributed by atoms with Gasteiger partial charge < -0.3 is 5.11 Å². The summed E-state index contributed by atoms with van der Waals surface area (Å²) >= 11 is 0. The molecule has 0 saturated heterocycles. The van der Waals surface area contributed by atoms with Gasteiger partial charge in [-0.1, -0.05) is 26.0 Å². The molecule has 3 rings (SSSR count). The number of aromatic nitrogens is 4. The first-order chi connectivity index (χ1) is 10.1. The van der Waals surface area contributed by atoms with E-state index in [1.165, 1.54) is 17.1 Å². The lowest BCUT2D eigenvalue weighted by Crippen LogP contribution is -2.13. The number of fused-ring (bicyclic) bond motifs is 1. The van der Waals surface area contributed by atoms with Gasteiger partial charge in [0.2, 0.25) is 5.95 Å². The molecule has 108 valence electrons. The van der Waals surface area contributed by atoms with E-state index in [-0.39, 0.29) is 17.1 Å². The Labute approximate surface area is 119 Å². The predicted octanol–water partition coefficient (Wildman–Crippen LogP) is 1.83. The second-order valence-electron chi connectivity index (χ2n) is 3.89. The van der Waals surface area contributed by atoms with Crippen molar-refractivity contribution in [2.45, 2.75) is 13.8 Å². The predicted molar refractivity (Wildman–Crippen MR) is 77.8 cm³/mol. The van der Waals surface area contributed by atoms with E-state index >= 15 is 0 Å². The van der Waals surface area contributed by atoms with E-state index < -0.39 is 5.97 Å². The Hall–Kier alpha value is -2.96. The van der Waals surface area contributed by atoms with Crippen molar-refractivity contribution in [1.82, 2.24) is 19.7 Å². The highest BCUT2D eigenvalue weighted by atomic mass is 16.4. The normalized spacial score (nSPS) is 10.0. The van der Waals surface area contributed by atoms with Gasteiger partial charge in [0.05, 0.1) is 22.7 Å². The third-order valence-electron chi connectivity index (χ3n) is 2.65. The van der Waals surface area contributed by atoms with E-state index in [4.69, 9.17) is 5.11 Å². The minimum Gasteiger partial charge on any atom is -0.478 e. The quantitative estimate of drug-likeness (QED) is 0.748. The van der Waals surface area contributed by atoms with E-state index in [1.54, 1.807) is 24.3 Å². The van der Waals surface area contributed by atoms with Crippen LogP contribution in [0.15, 0.2) is 41.5 Å². The standard InChI is InChI=1S/C12H8N4O3.C2H6/c17-10-8-3-1-2-4-9(8)14-12(15-10)16-6-7(5-13-16)11(18)19;1-2/h1-6H,(H,18,19)(H,14,15,17);1-2H3. The zero-order valence-electron chi connectivity index (χ0n) is 11.6. The van der Waals surface area contributed by atoms with Crippen molar-refractivity contribution < 1.29 is 9.90 Å². The number of hydrogen-bond donors (Lipinski definition) is 2. The number of hydrogen-bond acceptors (Lipinski definition) is 4. The van der Waals surface area contributed by atoms with Crippen LogP contribution in [0.1, 0.15) is 24.2 Å². The first-order valence-electron chi connectivity index (χ1n) is 6.42. The SMILES string of the molecule is CC.O=C(O)c1cnn(-c2nc3ccccc3c(=O)[nH]2)c1. The Morgan fingerprint density at radius 2 is 2.00 bits per heavy atom. The van der Waals surface area contributed by atoms with Gasteiger partial charge in [-0.2, -0.15) is 5.10 Å². The molecule has 2 aromatic heterocycles. The summed E-state index contributed by atoms with van der Waals surface area (Å²) in [6, 6.07) is 6.88. The van der Waals surface area contributed by atoms with Gasteiger partial charge in [0.25, 0.3) is 5.56 Å². The number of benzene rings is 1. The molecule has 0 amide bonds. The molecule has 0 radical (unpaired) electrons. The Morgan fingerprint density at radius 1 is 1.29 bits per heavy atom. The molecular weight excluding hydrogens is 272 g/mol. The summed E-state index contributed by atoms with van der Waals surface area (Å²) < 4.78 is 1.22. The summed E-state index contributed by atoms with van der Waals surface area (Å²) in [7, 11) is 0. The average molecular weight is 286 g/mol. The minimum atomic E-state index is -1.09. The summed E-state index contributed by atoms with van der Waals surface area (Å²) in [6.07, 6.45) is 2.48. The second-order valence-corrected chi connectivity index (χ2v) is 3.89. The lowest BCUT2D eigenvalue weighted by Gasteiger charge is -2.01. The highest BCUT2D eigenvalue weighted by molar-refractivity contribution is 5.87. The number of nitrogens with zero attached hydrogens (tertiary/aromatic N) is 3. The number of carboxylic acids is 1. The van der Waals surface area contributed by atoms with Crippen molar-refractivity contribution in [2.24, 2.45) is 0 Å². The molecule has 0 saturated carbocycles. The third kappa shape index (κ3) is 2.81. The van der Waals surface area contributed by atoms with Crippen LogP contribution in [0.4, 0.5) is 0 Å². The molecule has 0 aliphatic heterocycles. The Kier molecular flexibility index (Phi) is 4.13. The summed E-state index contributed by atoms with van der Waals surface area (Å²) in [6.45, 7) is 4.00. The fourth-order valence-electron chi connectivity index (χ4n) is 1.73. The van der Waals surface area contributed by atoms with Crippen LogP contribution in [-0.4, -0.2) is 30.8 Å². The smallest absolute Gasteiger partial charge is 0.338 e. The van der Waals surface area contributed by atoms with Crippen LogP contribution >= 0.6 is 0 Å². The molecule has 21 heavy (non-hydrogen) atoms. The van der Waals surface area contributed by atoms with Crippen LogP contribution < -0.4 is 5.56 Å². The summed E-state index contributed by atoms with van der Waals surface area (Å²) in [5.74, 6) is -0.911. The zero-order valence-corrected chi connectivity index (χ0v) is 11.6. The van der Waals surface area contributed by atoms with Crippen molar-refractivity contribution in [3.63, 3.8) is 0 Å². The van der Waals surface area contributed by atoms with Crippen molar-refractivity contribution in [3.05, 3.63) is 52.6 Å². The number of rotatable bonds is 2. The molecular formula is C14H14N4O3. The number of H-pyrrole nitrogens is 1. The fraction of sp³-hybridized carbons (Fsp3) is 0.143. The van der Waals surface area contributed by atoms with E-state index in [1.807, 2.05) is 13.8 Å². The van der Waals surface area contributed by atoms with E-state index in [9.17, 15) is 9.59 Å². The third-order valence-corrected chi connectivity index (χ3v) is 2.65. The van der Waals surface area contributed by atoms with Gasteiger partial charge in [-0.3, -0.25) is 9.78 Å². The van der Waals surface area contributed by atoms with Gasteiger partial charge in [-0.15, -0.1) is 0 Å². The topological polar surface area (TPSA) is 101 Å². The summed E-state index contributed by atoms with van der Waals surface area (Å²) in [5.41, 5.74) is 0.248. The Morgan fingerprint density at radius 3 is 2.67 bits per heavy atom. The number of carboxylic acid groups (broad SMARTS) is 1. The van der Waals surface area contributed by atoms with Crippen LogP contribution in [0.3, 0.4) is 0 Å². The van der Waals surface area contributed by atoms with Crippen molar-refractivity contribution in [2.75, 3.05) is 0 Å². The highest BCUT2D eigenvalue weighted by Crippen LogP contribution is 2.08. The van der Waals surface area contributed by atoms with Gasteiger partial charge >= 0.3 is 5.97 Å². The van der Waals surface area contributed by atoms with Crippen molar-refractivity contribution in [3.8, 4) is 5.95 Å². The average Bonchev–Trinajstić information content (AvgIpc) is 2.99. The van der Waals surface area contributed by atoms with Crippen LogP contribution in [-0.2, 0) is 0 Å². The first-order valence-corrected chi connectivity index (χ1v) is 6.42. The molecule has 1 aromatic carbocycles. The van der Waals surface area contributed by atoms with Gasteiger partial charge in [0, 0.05) is 6.20 Å². The fourth-order valence-corrected chi connectivity index (χ4v) is 1.73. The van der Waals surface area contributed by atoms with Crippen molar-refractivity contribution >= 4 is 16.9 Å². The van der Waals surface area contributed by atoms with Crippen LogP contribution in [0, 0.1) is 0 Å². The molecule has 7 nitrogen and oxygen atoms in total. The lowest BCUT2D eigenvalue weighted by molar-refractivity contribution is 0.0697. The molecule has 0 bridgehead atoms. The molecule has 0 spiro atoms. The maximum absolute atomic E-state index is 11.9. The monoisotopic (exact) mass is 286 g/mol. The molecule has 2 N–H and O–H groups in total. The van der Waals surface area contributed by atoms with Crippen molar-refractivity contribution in [1.29, 1.82) is 0 Å². The molecule has 2 heterocycles. The molecule has 7 heteroatoms. The molecule has 0 fully saturated rings.